The number of ether oxygens (including phenoxy) is 3. The highest BCUT2D eigenvalue weighted by Crippen LogP contribution is 2.36. The second kappa shape index (κ2) is 8.41. The van der Waals surface area contributed by atoms with Gasteiger partial charge in [-0.15, -0.1) is 0 Å². The van der Waals surface area contributed by atoms with E-state index in [-0.39, 0.29) is 17.8 Å². The highest BCUT2D eigenvalue weighted by Gasteiger charge is 2.44. The maximum absolute atomic E-state index is 12.8. The second-order valence-corrected chi connectivity index (χ2v) is 7.97. The van der Waals surface area contributed by atoms with Crippen molar-refractivity contribution in [1.29, 1.82) is 0 Å². The Morgan fingerprint density at radius 1 is 1.00 bits per heavy atom. The van der Waals surface area contributed by atoms with Gasteiger partial charge in [0.05, 0.1) is 13.0 Å². The van der Waals surface area contributed by atoms with Gasteiger partial charge < -0.3 is 19.3 Å². The van der Waals surface area contributed by atoms with E-state index >= 15 is 0 Å². The summed E-state index contributed by atoms with van der Waals surface area (Å²) in [7, 11) is 1.62. The first-order valence-corrected chi connectivity index (χ1v) is 9.89. The molecule has 156 valence electrons. The fourth-order valence-electron chi connectivity index (χ4n) is 3.80. The Kier molecular flexibility index (Phi) is 6.13. The standard InChI is InChI=1S/C23H28O6/c1-12-13(2)20(21(24)25)28-23(14(12)3)29-22(26)15(4)16-6-7-18-11-19(27-5)9-8-17(18)10-16/h6-15,20,23H,1-5H3,(H,24,25)/t12-,13-,14+,15-,20-,23?/m0/s1. The summed E-state index contributed by atoms with van der Waals surface area (Å²) >= 11 is 0. The summed E-state index contributed by atoms with van der Waals surface area (Å²) in [5.41, 5.74) is 0.826. The number of esters is 1. The molecule has 6 atom stereocenters. The van der Waals surface area contributed by atoms with Crippen molar-refractivity contribution in [2.45, 2.75) is 46.0 Å². The molecule has 29 heavy (non-hydrogen) atoms. The Morgan fingerprint density at radius 2 is 1.66 bits per heavy atom. The molecule has 6 heteroatoms. The van der Waals surface area contributed by atoms with Gasteiger partial charge in [0.25, 0.3) is 0 Å². The molecule has 1 aliphatic rings. The minimum atomic E-state index is -1.03. The van der Waals surface area contributed by atoms with Gasteiger partial charge in [0.1, 0.15) is 5.75 Å². The first-order valence-electron chi connectivity index (χ1n) is 9.89. The van der Waals surface area contributed by atoms with Crippen LogP contribution >= 0.6 is 0 Å². The van der Waals surface area contributed by atoms with Crippen LogP contribution in [-0.2, 0) is 19.1 Å². The average molecular weight is 400 g/mol. The summed E-state index contributed by atoms with van der Waals surface area (Å²) < 4.78 is 16.5. The van der Waals surface area contributed by atoms with Crippen LogP contribution < -0.4 is 4.74 Å². The van der Waals surface area contributed by atoms with Crippen LogP contribution in [0, 0.1) is 17.8 Å². The molecule has 1 saturated heterocycles. The van der Waals surface area contributed by atoms with Crippen LogP contribution in [0.2, 0.25) is 0 Å². The van der Waals surface area contributed by atoms with Crippen molar-refractivity contribution < 1.29 is 28.9 Å². The van der Waals surface area contributed by atoms with E-state index in [2.05, 4.69) is 0 Å². The lowest BCUT2D eigenvalue weighted by Gasteiger charge is -2.41. The van der Waals surface area contributed by atoms with E-state index < -0.39 is 30.3 Å². The third-order valence-corrected chi connectivity index (χ3v) is 6.25. The average Bonchev–Trinajstić information content (AvgIpc) is 2.72. The van der Waals surface area contributed by atoms with Crippen molar-refractivity contribution in [3.63, 3.8) is 0 Å². The molecule has 0 spiro atoms. The summed E-state index contributed by atoms with van der Waals surface area (Å²) in [5.74, 6) is -1.40. The van der Waals surface area contributed by atoms with Crippen molar-refractivity contribution in [3.05, 3.63) is 42.0 Å². The molecule has 0 amide bonds. The Labute approximate surface area is 170 Å². The van der Waals surface area contributed by atoms with E-state index in [1.807, 2.05) is 57.2 Å². The summed E-state index contributed by atoms with van der Waals surface area (Å²) in [4.78, 5) is 24.3. The van der Waals surface area contributed by atoms with E-state index in [1.54, 1.807) is 14.0 Å². The van der Waals surface area contributed by atoms with Crippen LogP contribution in [0.4, 0.5) is 0 Å². The van der Waals surface area contributed by atoms with Gasteiger partial charge in [-0.2, -0.15) is 0 Å². The molecule has 1 fully saturated rings. The van der Waals surface area contributed by atoms with Gasteiger partial charge in [-0.1, -0.05) is 45.0 Å². The Hall–Kier alpha value is -2.60. The lowest BCUT2D eigenvalue weighted by molar-refractivity contribution is -0.245. The van der Waals surface area contributed by atoms with Gasteiger partial charge in [0, 0.05) is 5.92 Å². The molecular formula is C23H28O6. The van der Waals surface area contributed by atoms with Crippen molar-refractivity contribution in [1.82, 2.24) is 0 Å². The lowest BCUT2D eigenvalue weighted by Crippen LogP contribution is -2.49. The minimum Gasteiger partial charge on any atom is -0.497 e. The molecule has 0 aliphatic carbocycles. The number of hydrogen-bond acceptors (Lipinski definition) is 5. The molecule has 3 rings (SSSR count). The number of benzene rings is 2. The van der Waals surface area contributed by atoms with Crippen LogP contribution in [0.15, 0.2) is 36.4 Å². The molecule has 1 N–H and O–H groups in total. The number of carbonyl (C=O) groups excluding carboxylic acids is 1. The van der Waals surface area contributed by atoms with Gasteiger partial charge in [-0.3, -0.25) is 4.79 Å². The third-order valence-electron chi connectivity index (χ3n) is 6.25. The van der Waals surface area contributed by atoms with E-state index in [0.29, 0.717) is 0 Å². The lowest BCUT2D eigenvalue weighted by atomic mass is 9.79. The quantitative estimate of drug-likeness (QED) is 0.757. The van der Waals surface area contributed by atoms with E-state index in [0.717, 1.165) is 22.1 Å². The molecule has 6 nitrogen and oxygen atoms in total. The Bertz CT molecular complexity index is 907. The number of fused-ring (bicyclic) bond motifs is 1. The van der Waals surface area contributed by atoms with Crippen LogP contribution in [0.3, 0.4) is 0 Å². The first kappa shape index (κ1) is 21.1. The molecule has 1 heterocycles. The molecule has 0 radical (unpaired) electrons. The molecular weight excluding hydrogens is 372 g/mol. The van der Waals surface area contributed by atoms with Gasteiger partial charge in [0.15, 0.2) is 6.10 Å². The largest absolute Gasteiger partial charge is 0.497 e. The maximum Gasteiger partial charge on any atom is 0.333 e. The maximum atomic E-state index is 12.8. The number of hydrogen-bond donors (Lipinski definition) is 1. The third kappa shape index (κ3) is 4.22. The fourth-order valence-corrected chi connectivity index (χ4v) is 3.80. The molecule has 2 aromatic rings. The summed E-state index contributed by atoms with van der Waals surface area (Å²) in [5, 5.41) is 11.4. The SMILES string of the molecule is COc1ccc2cc([C@H](C)C(=O)OC3O[C@H](C(=O)O)[C@@H](C)[C@H](C)[C@H]3C)ccc2c1. The van der Waals surface area contributed by atoms with Crippen LogP contribution in [0.5, 0.6) is 5.75 Å². The normalized spacial score (nSPS) is 28.0. The Morgan fingerprint density at radius 3 is 2.31 bits per heavy atom. The predicted octanol–water partition coefficient (Wildman–Crippen LogP) is 4.21. The van der Waals surface area contributed by atoms with Gasteiger partial charge >= 0.3 is 11.9 Å². The molecule has 2 aromatic carbocycles. The van der Waals surface area contributed by atoms with Gasteiger partial charge in [0.2, 0.25) is 6.29 Å². The number of carbonyl (C=O) groups is 2. The number of methoxy groups -OCH3 is 1. The second-order valence-electron chi connectivity index (χ2n) is 7.97. The smallest absolute Gasteiger partial charge is 0.333 e. The zero-order chi connectivity index (χ0) is 21.3. The van der Waals surface area contributed by atoms with Crippen LogP contribution in [-0.4, -0.2) is 36.5 Å². The fraction of sp³-hybridized carbons (Fsp3) is 0.478. The molecule has 1 unspecified atom stereocenters. The zero-order valence-corrected chi connectivity index (χ0v) is 17.4. The summed E-state index contributed by atoms with van der Waals surface area (Å²) in [6.07, 6.45) is -1.85. The predicted molar refractivity (Wildman–Crippen MR) is 109 cm³/mol. The zero-order valence-electron chi connectivity index (χ0n) is 17.4. The number of carboxylic acids is 1. The van der Waals surface area contributed by atoms with E-state index in [1.165, 1.54) is 0 Å². The van der Waals surface area contributed by atoms with Crippen molar-refractivity contribution >= 4 is 22.7 Å². The van der Waals surface area contributed by atoms with Gasteiger partial charge in [-0.05, 0) is 47.2 Å². The van der Waals surface area contributed by atoms with Crippen molar-refractivity contribution in [2.75, 3.05) is 7.11 Å². The molecule has 0 bridgehead atoms. The van der Waals surface area contributed by atoms with E-state index in [4.69, 9.17) is 14.2 Å². The minimum absolute atomic E-state index is 0.0496. The van der Waals surface area contributed by atoms with E-state index in [9.17, 15) is 14.7 Å². The highest BCUT2D eigenvalue weighted by molar-refractivity contribution is 5.86. The number of rotatable bonds is 5. The molecule has 0 saturated carbocycles. The van der Waals surface area contributed by atoms with Crippen LogP contribution in [0.25, 0.3) is 10.8 Å². The summed E-state index contributed by atoms with van der Waals surface area (Å²) in [6, 6.07) is 11.6. The van der Waals surface area contributed by atoms with Crippen molar-refractivity contribution in [2.24, 2.45) is 17.8 Å². The highest BCUT2D eigenvalue weighted by atomic mass is 16.7. The van der Waals surface area contributed by atoms with Crippen LogP contribution in [0.1, 0.15) is 39.2 Å². The number of carboxylic acid groups (broad SMARTS) is 1. The summed E-state index contributed by atoms with van der Waals surface area (Å²) in [6.45, 7) is 7.52. The Balaban J connectivity index is 1.76. The first-order chi connectivity index (χ1) is 13.7. The topological polar surface area (TPSA) is 82.1 Å². The monoisotopic (exact) mass is 400 g/mol. The van der Waals surface area contributed by atoms with Crippen molar-refractivity contribution in [3.8, 4) is 5.75 Å². The van der Waals surface area contributed by atoms with Gasteiger partial charge in [-0.25, -0.2) is 4.79 Å². The molecule has 0 aromatic heterocycles. The number of aliphatic carboxylic acids is 1. The molecule has 1 aliphatic heterocycles.